The summed E-state index contributed by atoms with van der Waals surface area (Å²) in [5, 5.41) is 14.1. The summed E-state index contributed by atoms with van der Waals surface area (Å²) in [6.45, 7) is 7.06. The van der Waals surface area contributed by atoms with Crippen LogP contribution in [0.25, 0.3) is 0 Å². The maximum Gasteiger partial charge on any atom is 0.291 e. The third-order valence-electron chi connectivity index (χ3n) is 4.16. The van der Waals surface area contributed by atoms with Crippen LogP contribution >= 0.6 is 15.9 Å². The molecule has 19 heavy (non-hydrogen) atoms. The van der Waals surface area contributed by atoms with E-state index in [1.165, 1.54) is 19.0 Å². The Kier molecular flexibility index (Phi) is 3.80. The van der Waals surface area contributed by atoms with Crippen LogP contribution in [0.5, 0.6) is 0 Å². The van der Waals surface area contributed by atoms with Gasteiger partial charge in [-0.2, -0.15) is 0 Å². The van der Waals surface area contributed by atoms with E-state index in [1.807, 2.05) is 0 Å². The van der Waals surface area contributed by atoms with Crippen LogP contribution in [0.15, 0.2) is 10.7 Å². The molecule has 0 aliphatic heterocycles. The maximum absolute atomic E-state index is 10.8. The van der Waals surface area contributed by atoms with Crippen molar-refractivity contribution in [3.63, 3.8) is 0 Å². The molecular formula is C13H18BrN3O2. The SMILES string of the molecule is Cc1c([N+](=O)[O-])cnc(NCC2(C(C)C)CC2)c1Br. The highest BCUT2D eigenvalue weighted by molar-refractivity contribution is 9.10. The third kappa shape index (κ3) is 2.73. The summed E-state index contributed by atoms with van der Waals surface area (Å²) in [7, 11) is 0. The molecule has 0 bridgehead atoms. The van der Waals surface area contributed by atoms with Crippen molar-refractivity contribution in [3.05, 3.63) is 26.3 Å². The summed E-state index contributed by atoms with van der Waals surface area (Å²) >= 11 is 3.40. The third-order valence-corrected chi connectivity index (χ3v) is 5.13. The van der Waals surface area contributed by atoms with Crippen molar-refractivity contribution < 1.29 is 4.92 Å². The molecule has 0 radical (unpaired) electrons. The second-order valence-corrected chi connectivity index (χ2v) is 6.35. The van der Waals surface area contributed by atoms with Crippen LogP contribution in [0.3, 0.4) is 0 Å². The number of pyridine rings is 1. The fourth-order valence-electron chi connectivity index (χ4n) is 2.26. The molecule has 5 nitrogen and oxygen atoms in total. The number of nitro groups is 1. The number of hydrogen-bond acceptors (Lipinski definition) is 4. The van der Waals surface area contributed by atoms with E-state index in [0.29, 0.717) is 27.2 Å². The number of anilines is 1. The normalized spacial score (nSPS) is 16.5. The lowest BCUT2D eigenvalue weighted by molar-refractivity contribution is -0.385. The summed E-state index contributed by atoms with van der Waals surface area (Å²) in [4.78, 5) is 14.6. The topological polar surface area (TPSA) is 68.1 Å². The van der Waals surface area contributed by atoms with E-state index in [4.69, 9.17) is 0 Å². The van der Waals surface area contributed by atoms with Crippen molar-refractivity contribution in [1.29, 1.82) is 0 Å². The zero-order valence-corrected chi connectivity index (χ0v) is 13.0. The highest BCUT2D eigenvalue weighted by Gasteiger charge is 2.45. The second-order valence-electron chi connectivity index (χ2n) is 5.56. The molecule has 0 spiro atoms. The molecule has 0 atom stereocenters. The van der Waals surface area contributed by atoms with Gasteiger partial charge in [0.25, 0.3) is 5.69 Å². The van der Waals surface area contributed by atoms with Crippen molar-refractivity contribution in [1.82, 2.24) is 4.98 Å². The molecule has 1 aliphatic carbocycles. The molecule has 6 heteroatoms. The number of rotatable bonds is 5. The molecular weight excluding hydrogens is 310 g/mol. The molecule has 1 saturated carbocycles. The zero-order chi connectivity index (χ0) is 14.2. The Morgan fingerprint density at radius 1 is 1.58 bits per heavy atom. The van der Waals surface area contributed by atoms with Gasteiger partial charge in [-0.3, -0.25) is 10.1 Å². The molecule has 1 aromatic rings. The Labute approximate surface area is 121 Å². The molecule has 1 aliphatic rings. The fourth-order valence-corrected chi connectivity index (χ4v) is 2.70. The van der Waals surface area contributed by atoms with Gasteiger partial charge in [-0.15, -0.1) is 0 Å². The lowest BCUT2D eigenvalue weighted by atomic mass is 9.92. The minimum absolute atomic E-state index is 0.0439. The number of halogens is 1. The maximum atomic E-state index is 10.8. The first-order valence-corrected chi connectivity index (χ1v) is 7.20. The molecule has 1 fully saturated rings. The van der Waals surface area contributed by atoms with Gasteiger partial charge >= 0.3 is 0 Å². The molecule has 0 amide bonds. The number of nitrogens with one attached hydrogen (secondary N) is 1. The van der Waals surface area contributed by atoms with Gasteiger partial charge in [0.15, 0.2) is 0 Å². The first-order valence-electron chi connectivity index (χ1n) is 6.41. The van der Waals surface area contributed by atoms with Gasteiger partial charge in [0.2, 0.25) is 0 Å². The average molecular weight is 328 g/mol. The van der Waals surface area contributed by atoms with Gasteiger partial charge in [0.1, 0.15) is 12.0 Å². The summed E-state index contributed by atoms with van der Waals surface area (Å²) in [5.41, 5.74) is 1.02. The first kappa shape index (κ1) is 14.2. The van der Waals surface area contributed by atoms with Gasteiger partial charge in [-0.05, 0) is 47.0 Å². The molecule has 1 N–H and O–H groups in total. The molecule has 1 aromatic heterocycles. The second kappa shape index (κ2) is 5.07. The lowest BCUT2D eigenvalue weighted by Crippen LogP contribution is -2.21. The van der Waals surface area contributed by atoms with E-state index in [0.717, 1.165) is 6.54 Å². The molecule has 2 rings (SSSR count). The largest absolute Gasteiger partial charge is 0.369 e. The van der Waals surface area contributed by atoms with Crippen LogP contribution < -0.4 is 5.32 Å². The van der Waals surface area contributed by atoms with Crippen molar-refractivity contribution in [2.45, 2.75) is 33.6 Å². The van der Waals surface area contributed by atoms with E-state index in [9.17, 15) is 10.1 Å². The zero-order valence-electron chi connectivity index (χ0n) is 11.4. The standard InChI is InChI=1S/C13H18BrN3O2/c1-8(2)13(4-5-13)7-16-12-11(14)9(3)10(6-15-12)17(18)19/h6,8H,4-5,7H2,1-3H3,(H,15,16). The van der Waals surface area contributed by atoms with Crippen molar-refractivity contribution in [3.8, 4) is 0 Å². The van der Waals surface area contributed by atoms with Crippen molar-refractivity contribution in [2.75, 3.05) is 11.9 Å². The monoisotopic (exact) mass is 327 g/mol. The Morgan fingerprint density at radius 2 is 2.21 bits per heavy atom. The van der Waals surface area contributed by atoms with E-state index >= 15 is 0 Å². The summed E-state index contributed by atoms with van der Waals surface area (Å²) < 4.78 is 0.682. The van der Waals surface area contributed by atoms with Gasteiger partial charge in [0.05, 0.1) is 9.40 Å². The van der Waals surface area contributed by atoms with Gasteiger partial charge in [-0.1, -0.05) is 13.8 Å². The van der Waals surface area contributed by atoms with Crippen LogP contribution in [-0.2, 0) is 0 Å². The molecule has 1 heterocycles. The number of aromatic nitrogens is 1. The summed E-state index contributed by atoms with van der Waals surface area (Å²) in [6, 6.07) is 0. The summed E-state index contributed by atoms with van der Waals surface area (Å²) in [6.07, 6.45) is 3.79. The Hall–Kier alpha value is -1.17. The van der Waals surface area contributed by atoms with Gasteiger partial charge in [-0.25, -0.2) is 4.98 Å². The lowest BCUT2D eigenvalue weighted by Gasteiger charge is -2.21. The van der Waals surface area contributed by atoms with E-state index in [-0.39, 0.29) is 5.69 Å². The fraction of sp³-hybridized carbons (Fsp3) is 0.615. The van der Waals surface area contributed by atoms with Crippen LogP contribution in [0.4, 0.5) is 11.5 Å². The Morgan fingerprint density at radius 3 is 2.68 bits per heavy atom. The number of nitrogens with zero attached hydrogens (tertiary/aromatic N) is 2. The highest BCUT2D eigenvalue weighted by Crippen LogP contribution is 2.51. The van der Waals surface area contributed by atoms with Crippen LogP contribution in [0.1, 0.15) is 32.3 Å². The minimum Gasteiger partial charge on any atom is -0.369 e. The van der Waals surface area contributed by atoms with Crippen molar-refractivity contribution >= 4 is 27.4 Å². The highest BCUT2D eigenvalue weighted by atomic mass is 79.9. The summed E-state index contributed by atoms with van der Waals surface area (Å²) in [5.74, 6) is 1.33. The molecule has 0 aromatic carbocycles. The van der Waals surface area contributed by atoms with E-state index < -0.39 is 4.92 Å². The van der Waals surface area contributed by atoms with Gasteiger partial charge < -0.3 is 5.32 Å². The van der Waals surface area contributed by atoms with Gasteiger partial charge in [0, 0.05) is 12.1 Å². The van der Waals surface area contributed by atoms with Crippen molar-refractivity contribution in [2.24, 2.45) is 11.3 Å². The van der Waals surface area contributed by atoms with Crippen LogP contribution in [0, 0.1) is 28.4 Å². The number of hydrogen-bond donors (Lipinski definition) is 1. The quantitative estimate of drug-likeness (QED) is 0.657. The smallest absolute Gasteiger partial charge is 0.291 e. The predicted octanol–water partition coefficient (Wildman–Crippen LogP) is 3.91. The minimum atomic E-state index is -0.409. The average Bonchev–Trinajstić information content (AvgIpc) is 3.11. The Bertz CT molecular complexity index is 513. The van der Waals surface area contributed by atoms with E-state index in [1.54, 1.807) is 6.92 Å². The molecule has 0 saturated heterocycles. The molecule has 0 unspecified atom stereocenters. The van der Waals surface area contributed by atoms with Crippen LogP contribution in [0.2, 0.25) is 0 Å². The molecule has 104 valence electrons. The Balaban J connectivity index is 2.14. The van der Waals surface area contributed by atoms with Crippen LogP contribution in [-0.4, -0.2) is 16.5 Å². The first-order chi connectivity index (χ1) is 8.87. The van der Waals surface area contributed by atoms with E-state index in [2.05, 4.69) is 40.1 Å². The predicted molar refractivity (Wildman–Crippen MR) is 78.3 cm³/mol.